The standard InChI is InChI=1S/C20H20N4/c1-3-7-16(8-4-1)21-22-20-18-14-11-12-15(13-14)19(18)24(23-20)17-9-5-2-6-10-17/h1-10,14-15,18-19H,11-13H2/t14-,15-,18-,19-/m0/s1. The minimum absolute atomic E-state index is 0.441. The largest absolute Gasteiger partial charge is 0.260 e. The minimum Gasteiger partial charge on any atom is -0.260 e. The van der Waals surface area contributed by atoms with E-state index >= 15 is 0 Å². The summed E-state index contributed by atoms with van der Waals surface area (Å²) >= 11 is 0. The van der Waals surface area contributed by atoms with Gasteiger partial charge in [-0.3, -0.25) is 5.01 Å². The minimum atomic E-state index is 0.441. The van der Waals surface area contributed by atoms with Gasteiger partial charge in [-0.1, -0.05) is 36.4 Å². The van der Waals surface area contributed by atoms with E-state index in [9.17, 15) is 0 Å². The summed E-state index contributed by atoms with van der Waals surface area (Å²) in [5.41, 5.74) is 2.06. The van der Waals surface area contributed by atoms with Crippen LogP contribution in [0, 0.1) is 17.8 Å². The molecule has 3 aliphatic rings. The van der Waals surface area contributed by atoms with Crippen molar-refractivity contribution in [2.45, 2.75) is 25.3 Å². The molecule has 2 aromatic carbocycles. The predicted octanol–water partition coefficient (Wildman–Crippen LogP) is 5.02. The number of nitrogens with zero attached hydrogens (tertiary/aromatic N) is 4. The highest BCUT2D eigenvalue weighted by Gasteiger charge is 2.55. The average molecular weight is 316 g/mol. The number of hydrazone groups is 1. The molecule has 0 saturated heterocycles. The first-order chi connectivity index (χ1) is 11.9. The number of rotatable bonds is 2. The van der Waals surface area contributed by atoms with E-state index in [0.717, 1.165) is 23.4 Å². The maximum atomic E-state index is 4.89. The van der Waals surface area contributed by atoms with Crippen LogP contribution in [-0.2, 0) is 0 Å². The van der Waals surface area contributed by atoms with Crippen LogP contribution in [0.3, 0.4) is 0 Å². The Bertz CT molecular complexity index is 784. The second kappa shape index (κ2) is 5.55. The second-order valence-electron chi connectivity index (χ2n) is 7.02. The summed E-state index contributed by atoms with van der Waals surface area (Å²) in [5, 5.41) is 16.1. The number of para-hydroxylation sites is 1. The van der Waals surface area contributed by atoms with Crippen molar-refractivity contribution in [3.63, 3.8) is 0 Å². The lowest BCUT2D eigenvalue weighted by atomic mass is 9.84. The molecule has 4 atom stereocenters. The highest BCUT2D eigenvalue weighted by Crippen LogP contribution is 2.54. The van der Waals surface area contributed by atoms with E-state index in [1.165, 1.54) is 24.9 Å². The lowest BCUT2D eigenvalue weighted by molar-refractivity contribution is 0.362. The molecule has 2 aliphatic carbocycles. The van der Waals surface area contributed by atoms with Gasteiger partial charge in [-0.2, -0.15) is 5.10 Å². The van der Waals surface area contributed by atoms with E-state index in [2.05, 4.69) is 45.6 Å². The molecule has 0 aromatic heterocycles. The van der Waals surface area contributed by atoms with Crippen LogP contribution in [0.4, 0.5) is 11.4 Å². The van der Waals surface area contributed by atoms with Crippen LogP contribution in [0.15, 0.2) is 76.0 Å². The van der Waals surface area contributed by atoms with Crippen molar-refractivity contribution in [2.75, 3.05) is 5.01 Å². The molecule has 4 heteroatoms. The Balaban J connectivity index is 1.50. The number of benzene rings is 2. The van der Waals surface area contributed by atoms with Gasteiger partial charge in [-0.05, 0) is 55.4 Å². The van der Waals surface area contributed by atoms with E-state index in [1.807, 2.05) is 30.3 Å². The van der Waals surface area contributed by atoms with Gasteiger partial charge in [0.1, 0.15) is 0 Å². The molecule has 1 heterocycles. The van der Waals surface area contributed by atoms with Gasteiger partial charge in [0, 0.05) is 5.92 Å². The topological polar surface area (TPSA) is 40.3 Å². The molecule has 0 amide bonds. The van der Waals surface area contributed by atoms with Gasteiger partial charge in [0.15, 0.2) is 5.84 Å². The Kier molecular flexibility index (Phi) is 3.21. The third-order valence-corrected chi connectivity index (χ3v) is 5.71. The number of fused-ring (bicyclic) bond motifs is 5. The molecule has 120 valence electrons. The maximum absolute atomic E-state index is 4.89. The predicted molar refractivity (Wildman–Crippen MR) is 95.4 cm³/mol. The zero-order valence-corrected chi connectivity index (χ0v) is 13.5. The van der Waals surface area contributed by atoms with Crippen LogP contribution in [0.5, 0.6) is 0 Å². The van der Waals surface area contributed by atoms with Gasteiger partial charge < -0.3 is 0 Å². The van der Waals surface area contributed by atoms with E-state index < -0.39 is 0 Å². The fourth-order valence-electron chi connectivity index (χ4n) is 4.72. The van der Waals surface area contributed by atoms with Crippen molar-refractivity contribution in [1.29, 1.82) is 0 Å². The summed E-state index contributed by atoms with van der Waals surface area (Å²) in [6.45, 7) is 0. The third kappa shape index (κ3) is 2.17. The molecule has 1 aliphatic heterocycles. The smallest absolute Gasteiger partial charge is 0.176 e. The van der Waals surface area contributed by atoms with E-state index in [4.69, 9.17) is 5.10 Å². The van der Waals surface area contributed by atoms with Crippen LogP contribution in [0.2, 0.25) is 0 Å². The molecule has 5 rings (SSSR count). The van der Waals surface area contributed by atoms with Crippen molar-refractivity contribution < 1.29 is 0 Å². The first kappa shape index (κ1) is 13.9. The average Bonchev–Trinajstić information content (AvgIpc) is 3.34. The molecule has 2 saturated carbocycles. The molecule has 2 bridgehead atoms. The van der Waals surface area contributed by atoms with Gasteiger partial charge in [-0.15, -0.1) is 10.2 Å². The van der Waals surface area contributed by atoms with Crippen molar-refractivity contribution in [3.05, 3.63) is 60.7 Å². The number of hydrogen-bond acceptors (Lipinski definition) is 4. The van der Waals surface area contributed by atoms with Crippen molar-refractivity contribution in [1.82, 2.24) is 0 Å². The van der Waals surface area contributed by atoms with E-state index in [0.29, 0.717) is 12.0 Å². The quantitative estimate of drug-likeness (QED) is 0.717. The van der Waals surface area contributed by atoms with Gasteiger partial charge in [0.25, 0.3) is 0 Å². The molecule has 4 nitrogen and oxygen atoms in total. The fourth-order valence-corrected chi connectivity index (χ4v) is 4.72. The molecule has 2 fully saturated rings. The molecular weight excluding hydrogens is 296 g/mol. The Hall–Kier alpha value is -2.49. The van der Waals surface area contributed by atoms with Gasteiger partial charge in [-0.25, -0.2) is 0 Å². The van der Waals surface area contributed by atoms with Crippen LogP contribution in [0.1, 0.15) is 19.3 Å². The van der Waals surface area contributed by atoms with Crippen LogP contribution in [-0.4, -0.2) is 11.9 Å². The highest BCUT2D eigenvalue weighted by molar-refractivity contribution is 5.90. The van der Waals surface area contributed by atoms with Crippen LogP contribution < -0.4 is 5.01 Å². The van der Waals surface area contributed by atoms with Gasteiger partial charge in [0.2, 0.25) is 0 Å². The maximum Gasteiger partial charge on any atom is 0.176 e. The van der Waals surface area contributed by atoms with Crippen molar-refractivity contribution in [2.24, 2.45) is 33.1 Å². The molecule has 0 radical (unpaired) electrons. The third-order valence-electron chi connectivity index (χ3n) is 5.71. The van der Waals surface area contributed by atoms with E-state index in [1.54, 1.807) is 0 Å². The zero-order valence-electron chi connectivity index (χ0n) is 13.5. The summed E-state index contributed by atoms with van der Waals surface area (Å²) in [6.07, 6.45) is 3.96. The summed E-state index contributed by atoms with van der Waals surface area (Å²) in [4.78, 5) is 0. The van der Waals surface area contributed by atoms with Crippen LogP contribution in [0.25, 0.3) is 0 Å². The molecule has 24 heavy (non-hydrogen) atoms. The first-order valence-corrected chi connectivity index (χ1v) is 8.80. The van der Waals surface area contributed by atoms with Crippen molar-refractivity contribution >= 4 is 17.2 Å². The Morgan fingerprint density at radius 3 is 2.33 bits per heavy atom. The first-order valence-electron chi connectivity index (χ1n) is 8.80. The number of azo groups is 1. The molecule has 2 aromatic rings. The van der Waals surface area contributed by atoms with Crippen molar-refractivity contribution in [3.8, 4) is 0 Å². The molecule has 0 N–H and O–H groups in total. The molecule has 0 spiro atoms. The fraction of sp³-hybridized carbons (Fsp3) is 0.350. The Morgan fingerprint density at radius 2 is 1.54 bits per heavy atom. The summed E-state index contributed by atoms with van der Waals surface area (Å²) in [7, 11) is 0. The number of hydrogen-bond donors (Lipinski definition) is 0. The molecular formula is C20H20N4. The number of anilines is 1. The van der Waals surface area contributed by atoms with Gasteiger partial charge >= 0.3 is 0 Å². The Labute approximate surface area is 141 Å². The summed E-state index contributed by atoms with van der Waals surface area (Å²) < 4.78 is 0. The SMILES string of the molecule is c1ccc(N=NC2=NN(c3ccccc3)[C@H]3[C@H]4CC[C@@H](C4)[C@H]23)cc1. The summed E-state index contributed by atoms with van der Waals surface area (Å²) in [6, 6.07) is 20.9. The van der Waals surface area contributed by atoms with Crippen LogP contribution >= 0.6 is 0 Å². The normalized spacial score (nSPS) is 30.8. The van der Waals surface area contributed by atoms with E-state index in [-0.39, 0.29) is 0 Å². The number of amidine groups is 1. The zero-order chi connectivity index (χ0) is 15.9. The lowest BCUT2D eigenvalue weighted by Crippen LogP contribution is -2.37. The summed E-state index contributed by atoms with van der Waals surface area (Å²) in [5.74, 6) is 2.83. The lowest BCUT2D eigenvalue weighted by Gasteiger charge is -2.30. The second-order valence-corrected chi connectivity index (χ2v) is 7.02. The highest BCUT2D eigenvalue weighted by atomic mass is 15.5. The molecule has 0 unspecified atom stereocenters. The Morgan fingerprint density at radius 1 is 0.833 bits per heavy atom. The van der Waals surface area contributed by atoms with Gasteiger partial charge in [0.05, 0.1) is 17.4 Å². The monoisotopic (exact) mass is 316 g/mol.